The van der Waals surface area contributed by atoms with Crippen molar-refractivity contribution in [1.29, 1.82) is 5.26 Å². The molecule has 0 aliphatic heterocycles. The number of alkyl halides is 1. The zero-order chi connectivity index (χ0) is 27.6. The van der Waals surface area contributed by atoms with Crippen LogP contribution in [0.5, 0.6) is 0 Å². The van der Waals surface area contributed by atoms with E-state index in [1.807, 2.05) is 30.3 Å². The number of carbonyl (C=O) groups excluding carboxylic acids is 1. The number of nitriles is 1. The number of pyridine rings is 2. The van der Waals surface area contributed by atoms with Crippen LogP contribution in [-0.4, -0.2) is 58.6 Å². The lowest BCUT2D eigenvalue weighted by atomic mass is 10.0. The molecule has 12 heteroatoms. The summed E-state index contributed by atoms with van der Waals surface area (Å²) in [6.07, 6.45) is 6.01. The number of aromatic nitrogens is 6. The molecule has 0 radical (unpaired) electrons. The smallest absolute Gasteiger partial charge is 0.255 e. The van der Waals surface area contributed by atoms with Crippen molar-refractivity contribution in [1.82, 2.24) is 34.6 Å². The van der Waals surface area contributed by atoms with Gasteiger partial charge in [0.25, 0.3) is 5.91 Å². The number of halogens is 1. The summed E-state index contributed by atoms with van der Waals surface area (Å²) in [5.41, 5.74) is 1.50. The van der Waals surface area contributed by atoms with Crippen molar-refractivity contribution in [3.63, 3.8) is 0 Å². The van der Waals surface area contributed by atoms with Gasteiger partial charge in [-0.25, -0.2) is 24.0 Å². The Morgan fingerprint density at radius 3 is 2.67 bits per heavy atom. The predicted molar refractivity (Wildman–Crippen MR) is 142 cm³/mol. The molecule has 0 fully saturated rings. The van der Waals surface area contributed by atoms with Gasteiger partial charge in [0, 0.05) is 35.7 Å². The van der Waals surface area contributed by atoms with Crippen molar-refractivity contribution in [2.75, 3.05) is 11.9 Å². The average molecular weight is 526 g/mol. The first-order valence-corrected chi connectivity index (χ1v) is 12.0. The summed E-state index contributed by atoms with van der Waals surface area (Å²) in [7, 11) is 0. The maximum Gasteiger partial charge on any atom is 0.255 e. The van der Waals surface area contributed by atoms with Crippen LogP contribution in [0.25, 0.3) is 22.5 Å². The number of benzene rings is 1. The van der Waals surface area contributed by atoms with Gasteiger partial charge in [0.2, 0.25) is 0 Å². The van der Waals surface area contributed by atoms with E-state index in [1.165, 1.54) is 32.6 Å². The monoisotopic (exact) mass is 525 g/mol. The third kappa shape index (κ3) is 5.43. The van der Waals surface area contributed by atoms with Crippen LogP contribution in [0.3, 0.4) is 0 Å². The molecule has 196 valence electrons. The molecule has 0 saturated heterocycles. The molecule has 5 rings (SSSR count). The van der Waals surface area contributed by atoms with Crippen LogP contribution < -0.4 is 10.6 Å². The molecule has 0 bridgehead atoms. The van der Waals surface area contributed by atoms with Crippen LogP contribution in [0, 0.1) is 11.3 Å². The fourth-order valence-electron chi connectivity index (χ4n) is 3.85. The molecule has 1 aromatic carbocycles. The highest BCUT2D eigenvalue weighted by Crippen LogP contribution is 2.26. The van der Waals surface area contributed by atoms with Crippen LogP contribution in [0.2, 0.25) is 0 Å². The fourth-order valence-corrected chi connectivity index (χ4v) is 3.85. The van der Waals surface area contributed by atoms with Gasteiger partial charge in [-0.1, -0.05) is 0 Å². The highest BCUT2D eigenvalue weighted by atomic mass is 19.1. The SMILES string of the molecule is CC(C)(O)C(F)CNC(=O)c1cnc(-n2ccc3cc(C#N)cnc32)cc1Nc1ccc(-n2cncn2)cc1. The average Bonchev–Trinajstić information content (AvgIpc) is 3.61. The Morgan fingerprint density at radius 1 is 1.18 bits per heavy atom. The number of aliphatic hydroxyl groups is 1. The zero-order valence-electron chi connectivity index (χ0n) is 21.1. The topological polar surface area (TPSA) is 147 Å². The molecule has 0 aliphatic rings. The second kappa shape index (κ2) is 10.3. The summed E-state index contributed by atoms with van der Waals surface area (Å²) < 4.78 is 17.7. The minimum Gasteiger partial charge on any atom is -0.387 e. The Bertz CT molecular complexity index is 1670. The van der Waals surface area contributed by atoms with Crippen molar-refractivity contribution >= 4 is 28.3 Å². The first-order valence-electron chi connectivity index (χ1n) is 12.0. The lowest BCUT2D eigenvalue weighted by molar-refractivity contribution is -0.00177. The maximum absolute atomic E-state index is 14.3. The molecular formula is C27H24FN9O2. The van der Waals surface area contributed by atoms with E-state index >= 15 is 0 Å². The number of rotatable bonds is 8. The Morgan fingerprint density at radius 2 is 1.97 bits per heavy atom. The molecule has 1 atom stereocenters. The van der Waals surface area contributed by atoms with E-state index in [4.69, 9.17) is 0 Å². The summed E-state index contributed by atoms with van der Waals surface area (Å²) in [6, 6.07) is 14.6. The molecule has 0 spiro atoms. The van der Waals surface area contributed by atoms with Gasteiger partial charge in [-0.15, -0.1) is 0 Å². The summed E-state index contributed by atoms with van der Waals surface area (Å²) >= 11 is 0. The van der Waals surface area contributed by atoms with Gasteiger partial charge in [0.1, 0.15) is 36.4 Å². The summed E-state index contributed by atoms with van der Waals surface area (Å²) in [6.45, 7) is 2.31. The Labute approximate surface area is 222 Å². The summed E-state index contributed by atoms with van der Waals surface area (Å²) in [4.78, 5) is 25.9. The van der Waals surface area contributed by atoms with Gasteiger partial charge < -0.3 is 15.7 Å². The number of amides is 1. The first-order chi connectivity index (χ1) is 18.7. The second-order valence-electron chi connectivity index (χ2n) is 9.37. The van der Waals surface area contributed by atoms with Crippen molar-refractivity contribution < 1.29 is 14.3 Å². The molecule has 11 nitrogen and oxygen atoms in total. The number of fused-ring (bicyclic) bond motifs is 1. The molecule has 4 aromatic heterocycles. The second-order valence-corrected chi connectivity index (χ2v) is 9.37. The van der Waals surface area contributed by atoms with E-state index in [1.54, 1.807) is 33.9 Å². The molecule has 0 saturated carbocycles. The van der Waals surface area contributed by atoms with Gasteiger partial charge in [-0.2, -0.15) is 10.4 Å². The minimum absolute atomic E-state index is 0.179. The fraction of sp³-hybridized carbons (Fsp3) is 0.185. The molecule has 4 heterocycles. The molecule has 1 unspecified atom stereocenters. The van der Waals surface area contributed by atoms with Crippen LogP contribution >= 0.6 is 0 Å². The Kier molecular flexibility index (Phi) is 6.74. The van der Waals surface area contributed by atoms with E-state index in [2.05, 4.69) is 36.8 Å². The van der Waals surface area contributed by atoms with E-state index in [-0.39, 0.29) is 12.1 Å². The highest BCUT2D eigenvalue weighted by molar-refractivity contribution is 6.00. The third-order valence-corrected chi connectivity index (χ3v) is 6.07. The van der Waals surface area contributed by atoms with Gasteiger partial charge in [-0.05, 0) is 50.2 Å². The Hall–Kier alpha value is -5.15. The first kappa shape index (κ1) is 25.5. The van der Waals surface area contributed by atoms with Crippen molar-refractivity contribution in [2.45, 2.75) is 25.6 Å². The van der Waals surface area contributed by atoms with E-state index < -0.39 is 17.7 Å². The number of hydrogen-bond acceptors (Lipinski definition) is 8. The van der Waals surface area contributed by atoms with Crippen LogP contribution in [0.15, 0.2) is 73.7 Å². The molecular weight excluding hydrogens is 501 g/mol. The lowest BCUT2D eigenvalue weighted by Crippen LogP contribution is -2.42. The number of anilines is 2. The molecule has 39 heavy (non-hydrogen) atoms. The molecule has 1 amide bonds. The van der Waals surface area contributed by atoms with Gasteiger partial charge in [-0.3, -0.25) is 9.36 Å². The quantitative estimate of drug-likeness (QED) is 0.279. The van der Waals surface area contributed by atoms with Gasteiger partial charge >= 0.3 is 0 Å². The van der Waals surface area contributed by atoms with Crippen molar-refractivity contribution in [2.24, 2.45) is 0 Å². The van der Waals surface area contributed by atoms with Gasteiger partial charge in [0.15, 0.2) is 0 Å². The van der Waals surface area contributed by atoms with Crippen LogP contribution in [0.4, 0.5) is 15.8 Å². The third-order valence-electron chi connectivity index (χ3n) is 6.07. The number of carbonyl (C=O) groups is 1. The van der Waals surface area contributed by atoms with E-state index in [9.17, 15) is 19.6 Å². The molecule has 3 N–H and O–H groups in total. The predicted octanol–water partition coefficient (Wildman–Crippen LogP) is 3.46. The number of nitrogens with one attached hydrogen (secondary N) is 2. The maximum atomic E-state index is 14.3. The normalized spacial score (nSPS) is 12.2. The van der Waals surface area contributed by atoms with E-state index in [0.717, 1.165) is 11.1 Å². The standard InChI is InChI=1S/C27H24FN9O2/c1-27(2,39)23(28)14-33-26(38)21-13-31-24(36-8-7-18-9-17(11-29)12-32-25(18)36)10-22(21)35-19-3-5-20(6-4-19)37-16-30-15-34-37/h3-10,12-13,15-16,23,39H,14H2,1-2H3,(H,31,35)(H,33,38). The van der Waals surface area contributed by atoms with Crippen molar-refractivity contribution in [3.05, 3.63) is 84.8 Å². The zero-order valence-corrected chi connectivity index (χ0v) is 21.1. The molecule has 0 aliphatic carbocycles. The van der Waals surface area contributed by atoms with E-state index in [0.29, 0.717) is 28.4 Å². The summed E-state index contributed by atoms with van der Waals surface area (Å²) in [5.74, 6) is -0.0859. The highest BCUT2D eigenvalue weighted by Gasteiger charge is 2.27. The molecule has 5 aromatic rings. The number of nitrogens with zero attached hydrogens (tertiary/aromatic N) is 7. The number of hydrogen-bond donors (Lipinski definition) is 3. The summed E-state index contributed by atoms with van der Waals surface area (Å²) in [5, 5.41) is 29.7. The largest absolute Gasteiger partial charge is 0.387 e. The lowest BCUT2D eigenvalue weighted by Gasteiger charge is -2.22. The van der Waals surface area contributed by atoms with Crippen LogP contribution in [-0.2, 0) is 0 Å². The van der Waals surface area contributed by atoms with Crippen molar-refractivity contribution in [3.8, 4) is 17.6 Å². The Balaban J connectivity index is 1.49. The minimum atomic E-state index is -1.66. The van der Waals surface area contributed by atoms with Crippen LogP contribution in [0.1, 0.15) is 29.8 Å². The van der Waals surface area contributed by atoms with Gasteiger partial charge in [0.05, 0.1) is 34.6 Å².